The van der Waals surface area contributed by atoms with Gasteiger partial charge in [-0.1, -0.05) is 49.4 Å². The van der Waals surface area contributed by atoms with E-state index in [1.807, 2.05) is 0 Å². The van der Waals surface area contributed by atoms with Gasteiger partial charge in [-0.2, -0.15) is 0 Å². The number of amides is 1. The van der Waals surface area contributed by atoms with Crippen LogP contribution in [0.15, 0.2) is 48.5 Å². The Morgan fingerprint density at radius 1 is 1.12 bits per heavy atom. The molecule has 0 saturated carbocycles. The van der Waals surface area contributed by atoms with Crippen molar-refractivity contribution >= 4 is 11.6 Å². The summed E-state index contributed by atoms with van der Waals surface area (Å²) >= 11 is 0. The predicted molar refractivity (Wildman–Crippen MR) is 104 cm³/mol. The van der Waals surface area contributed by atoms with E-state index in [1.165, 1.54) is 16.8 Å². The molecule has 1 N–H and O–H groups in total. The van der Waals surface area contributed by atoms with Gasteiger partial charge in [0.1, 0.15) is 0 Å². The number of nitrogens with zero attached hydrogens (tertiary/aromatic N) is 1. The molecule has 1 aliphatic rings. The molecule has 0 spiro atoms. The highest BCUT2D eigenvalue weighted by atomic mass is 16.1. The first-order valence-electron chi connectivity index (χ1n) is 9.36. The summed E-state index contributed by atoms with van der Waals surface area (Å²) in [7, 11) is 0. The molecule has 0 saturated heterocycles. The second-order valence-corrected chi connectivity index (χ2v) is 6.93. The van der Waals surface area contributed by atoms with Crippen LogP contribution >= 0.6 is 0 Å². The fourth-order valence-electron chi connectivity index (χ4n) is 3.59. The molecule has 2 aromatic rings. The standard InChI is InChI=1S/C22H28N2O/c1-3-18-9-11-19(12-10-18)16-22(25)23-13-6-14-24-17(2)15-20-7-4-5-8-21(20)24/h4-5,7-12,17H,3,6,13-16H2,1-2H3,(H,23,25)/t17-/m1/s1. The third-order valence-corrected chi connectivity index (χ3v) is 5.04. The van der Waals surface area contributed by atoms with E-state index in [4.69, 9.17) is 0 Å². The molecular weight excluding hydrogens is 308 g/mol. The highest BCUT2D eigenvalue weighted by Crippen LogP contribution is 2.31. The number of anilines is 1. The van der Waals surface area contributed by atoms with Crippen molar-refractivity contribution in [2.45, 2.75) is 45.6 Å². The second kappa shape index (κ2) is 8.19. The number of benzene rings is 2. The maximum absolute atomic E-state index is 12.1. The average molecular weight is 336 g/mol. The number of rotatable bonds is 7. The van der Waals surface area contributed by atoms with E-state index in [2.05, 4.69) is 72.6 Å². The van der Waals surface area contributed by atoms with Crippen molar-refractivity contribution in [2.24, 2.45) is 0 Å². The molecule has 0 bridgehead atoms. The van der Waals surface area contributed by atoms with E-state index in [-0.39, 0.29) is 5.91 Å². The van der Waals surface area contributed by atoms with Gasteiger partial charge < -0.3 is 10.2 Å². The maximum Gasteiger partial charge on any atom is 0.224 e. The zero-order valence-electron chi connectivity index (χ0n) is 15.3. The second-order valence-electron chi connectivity index (χ2n) is 6.93. The lowest BCUT2D eigenvalue weighted by atomic mass is 10.1. The largest absolute Gasteiger partial charge is 0.368 e. The van der Waals surface area contributed by atoms with Crippen LogP contribution in [-0.4, -0.2) is 25.0 Å². The van der Waals surface area contributed by atoms with Crippen LogP contribution in [0.2, 0.25) is 0 Å². The molecule has 2 aromatic carbocycles. The first-order valence-corrected chi connectivity index (χ1v) is 9.36. The molecule has 0 unspecified atom stereocenters. The molecule has 1 aliphatic heterocycles. The molecule has 132 valence electrons. The number of hydrogen-bond acceptors (Lipinski definition) is 2. The van der Waals surface area contributed by atoms with Crippen LogP contribution in [0.5, 0.6) is 0 Å². The van der Waals surface area contributed by atoms with Gasteiger partial charge in [-0.25, -0.2) is 0 Å². The first kappa shape index (κ1) is 17.5. The van der Waals surface area contributed by atoms with E-state index >= 15 is 0 Å². The normalized spacial score (nSPS) is 15.9. The SMILES string of the molecule is CCc1ccc(CC(=O)NCCCN2c3ccccc3C[C@H]2C)cc1. The fourth-order valence-corrected chi connectivity index (χ4v) is 3.59. The molecule has 0 aromatic heterocycles. The van der Waals surface area contributed by atoms with Gasteiger partial charge in [0.15, 0.2) is 0 Å². The quantitative estimate of drug-likeness (QED) is 0.781. The van der Waals surface area contributed by atoms with Crippen molar-refractivity contribution in [3.05, 3.63) is 65.2 Å². The summed E-state index contributed by atoms with van der Waals surface area (Å²) in [6.07, 6.45) is 3.59. The zero-order chi connectivity index (χ0) is 17.6. The predicted octanol–water partition coefficient (Wildman–Crippen LogP) is 3.75. The first-order chi connectivity index (χ1) is 12.2. The average Bonchev–Trinajstić information content (AvgIpc) is 2.95. The summed E-state index contributed by atoms with van der Waals surface area (Å²) in [5.41, 5.74) is 5.19. The van der Waals surface area contributed by atoms with Gasteiger partial charge in [-0.3, -0.25) is 4.79 Å². The van der Waals surface area contributed by atoms with Crippen LogP contribution in [0.1, 0.15) is 37.0 Å². The van der Waals surface area contributed by atoms with Crippen LogP contribution in [0.4, 0.5) is 5.69 Å². The minimum atomic E-state index is 0.110. The number of carbonyl (C=O) groups is 1. The Morgan fingerprint density at radius 3 is 2.60 bits per heavy atom. The van der Waals surface area contributed by atoms with Crippen molar-refractivity contribution in [3.63, 3.8) is 0 Å². The Hall–Kier alpha value is -2.29. The smallest absolute Gasteiger partial charge is 0.224 e. The number of nitrogens with one attached hydrogen (secondary N) is 1. The zero-order valence-corrected chi connectivity index (χ0v) is 15.3. The van der Waals surface area contributed by atoms with Crippen LogP contribution in [0, 0.1) is 0 Å². The number of fused-ring (bicyclic) bond motifs is 1. The molecule has 1 atom stereocenters. The lowest BCUT2D eigenvalue weighted by molar-refractivity contribution is -0.120. The van der Waals surface area contributed by atoms with E-state index in [1.54, 1.807) is 0 Å². The Bertz CT molecular complexity index is 708. The van der Waals surface area contributed by atoms with Crippen LogP contribution in [-0.2, 0) is 24.1 Å². The molecule has 0 fully saturated rings. The van der Waals surface area contributed by atoms with Gasteiger partial charge in [0.05, 0.1) is 6.42 Å². The van der Waals surface area contributed by atoms with Gasteiger partial charge in [-0.15, -0.1) is 0 Å². The van der Waals surface area contributed by atoms with E-state index < -0.39 is 0 Å². The van der Waals surface area contributed by atoms with Gasteiger partial charge in [0, 0.05) is 24.8 Å². The summed E-state index contributed by atoms with van der Waals surface area (Å²) in [5, 5.41) is 3.06. The summed E-state index contributed by atoms with van der Waals surface area (Å²) in [6.45, 7) is 6.14. The Kier molecular flexibility index (Phi) is 5.75. The number of hydrogen-bond donors (Lipinski definition) is 1. The number of carbonyl (C=O) groups excluding carboxylic acids is 1. The number of aryl methyl sites for hydroxylation is 1. The van der Waals surface area contributed by atoms with Crippen LogP contribution in [0.25, 0.3) is 0 Å². The monoisotopic (exact) mass is 336 g/mol. The Labute approximate surface area is 151 Å². The molecule has 1 amide bonds. The molecule has 3 rings (SSSR count). The fraction of sp³-hybridized carbons (Fsp3) is 0.409. The maximum atomic E-state index is 12.1. The summed E-state index contributed by atoms with van der Waals surface area (Å²) in [5.74, 6) is 0.110. The lowest BCUT2D eigenvalue weighted by Crippen LogP contribution is -2.33. The summed E-state index contributed by atoms with van der Waals surface area (Å²) < 4.78 is 0. The third kappa shape index (κ3) is 4.41. The van der Waals surface area contributed by atoms with Gasteiger partial charge >= 0.3 is 0 Å². The van der Waals surface area contributed by atoms with E-state index in [9.17, 15) is 4.79 Å². The van der Waals surface area contributed by atoms with Crippen LogP contribution in [0.3, 0.4) is 0 Å². The van der Waals surface area contributed by atoms with E-state index in [0.29, 0.717) is 12.5 Å². The molecule has 25 heavy (non-hydrogen) atoms. The van der Waals surface area contributed by atoms with Gasteiger partial charge in [0.25, 0.3) is 0 Å². The topological polar surface area (TPSA) is 32.3 Å². The molecule has 0 radical (unpaired) electrons. The molecule has 0 aliphatic carbocycles. The lowest BCUT2D eigenvalue weighted by Gasteiger charge is -2.24. The van der Waals surface area contributed by atoms with Crippen LogP contribution < -0.4 is 10.2 Å². The third-order valence-electron chi connectivity index (χ3n) is 5.04. The van der Waals surface area contributed by atoms with E-state index in [0.717, 1.165) is 37.9 Å². The highest BCUT2D eigenvalue weighted by Gasteiger charge is 2.24. The Balaban J connectivity index is 1.41. The Morgan fingerprint density at radius 2 is 1.84 bits per heavy atom. The van der Waals surface area contributed by atoms with Crippen molar-refractivity contribution in [2.75, 3.05) is 18.0 Å². The minimum absolute atomic E-state index is 0.110. The van der Waals surface area contributed by atoms with Crippen molar-refractivity contribution in [3.8, 4) is 0 Å². The number of para-hydroxylation sites is 1. The van der Waals surface area contributed by atoms with Gasteiger partial charge in [-0.05, 0) is 48.9 Å². The minimum Gasteiger partial charge on any atom is -0.368 e. The van der Waals surface area contributed by atoms with Gasteiger partial charge in [0.2, 0.25) is 5.91 Å². The van der Waals surface area contributed by atoms with Crippen molar-refractivity contribution in [1.29, 1.82) is 0 Å². The summed E-state index contributed by atoms with van der Waals surface area (Å²) in [4.78, 5) is 14.6. The molecule has 3 nitrogen and oxygen atoms in total. The summed E-state index contributed by atoms with van der Waals surface area (Å²) in [6, 6.07) is 17.5. The highest BCUT2D eigenvalue weighted by molar-refractivity contribution is 5.78. The molecule has 3 heteroatoms. The molecular formula is C22H28N2O. The van der Waals surface area contributed by atoms with Crippen molar-refractivity contribution in [1.82, 2.24) is 5.32 Å². The van der Waals surface area contributed by atoms with Crippen molar-refractivity contribution < 1.29 is 4.79 Å². The molecule has 1 heterocycles.